The third-order valence-electron chi connectivity index (χ3n) is 4.37. The average Bonchev–Trinajstić information content (AvgIpc) is 3.16. The molecule has 1 fully saturated rings. The molecule has 1 aliphatic rings. The molecule has 0 bridgehead atoms. The van der Waals surface area contributed by atoms with E-state index in [4.69, 9.17) is 0 Å². The highest BCUT2D eigenvalue weighted by molar-refractivity contribution is 7.88. The largest absolute Gasteiger partial charge is 0.347 e. The molecule has 1 saturated heterocycles. The van der Waals surface area contributed by atoms with E-state index < -0.39 is 10.0 Å². The molecule has 146 valence electrons. The van der Waals surface area contributed by atoms with Crippen LogP contribution in [0.4, 0.5) is 11.9 Å². The van der Waals surface area contributed by atoms with Gasteiger partial charge in [-0.25, -0.2) is 13.1 Å². The highest BCUT2D eigenvalue weighted by atomic mass is 32.2. The molecule has 9 heteroatoms. The maximum absolute atomic E-state index is 12.4. The smallest absolute Gasteiger partial charge is 0.230 e. The van der Waals surface area contributed by atoms with Crippen LogP contribution in [0, 0.1) is 6.92 Å². The minimum atomic E-state index is -3.49. The summed E-state index contributed by atoms with van der Waals surface area (Å²) in [4.78, 5) is 17.2. The van der Waals surface area contributed by atoms with Crippen molar-refractivity contribution in [2.24, 2.45) is 0 Å². The molecule has 1 N–H and O–H groups in total. The molecule has 0 spiro atoms. The fraction of sp³-hybridized carbons (Fsp3) is 0.500. The van der Waals surface area contributed by atoms with E-state index in [0.717, 1.165) is 37.1 Å². The molecule has 1 aromatic heterocycles. The van der Waals surface area contributed by atoms with E-state index in [1.807, 2.05) is 45.3 Å². The zero-order chi connectivity index (χ0) is 19.4. The molecule has 1 aliphatic heterocycles. The van der Waals surface area contributed by atoms with Crippen molar-refractivity contribution in [3.8, 4) is 0 Å². The Morgan fingerprint density at radius 3 is 2.37 bits per heavy atom. The van der Waals surface area contributed by atoms with Gasteiger partial charge < -0.3 is 9.80 Å². The molecule has 0 radical (unpaired) electrons. The number of hydrogen-bond acceptors (Lipinski definition) is 7. The first-order valence-corrected chi connectivity index (χ1v) is 10.7. The van der Waals surface area contributed by atoms with E-state index >= 15 is 0 Å². The van der Waals surface area contributed by atoms with E-state index in [2.05, 4.69) is 24.6 Å². The van der Waals surface area contributed by atoms with Crippen molar-refractivity contribution in [1.82, 2.24) is 19.7 Å². The summed E-state index contributed by atoms with van der Waals surface area (Å²) in [7, 11) is 0.223. The monoisotopic (exact) mass is 390 g/mol. The van der Waals surface area contributed by atoms with Crippen LogP contribution in [-0.2, 0) is 22.3 Å². The molecule has 0 amide bonds. The molecule has 27 heavy (non-hydrogen) atoms. The maximum Gasteiger partial charge on any atom is 0.230 e. The quantitative estimate of drug-likeness (QED) is 0.765. The minimum Gasteiger partial charge on any atom is -0.347 e. The second-order valence-electron chi connectivity index (χ2n) is 7.01. The van der Waals surface area contributed by atoms with Crippen LogP contribution >= 0.6 is 0 Å². The Labute approximate surface area is 160 Å². The lowest BCUT2D eigenvalue weighted by Gasteiger charge is -2.19. The van der Waals surface area contributed by atoms with Gasteiger partial charge in [0, 0.05) is 27.2 Å². The summed E-state index contributed by atoms with van der Waals surface area (Å²) in [6, 6.07) is 7.46. The van der Waals surface area contributed by atoms with Crippen LogP contribution in [0.25, 0.3) is 0 Å². The number of aromatic nitrogens is 3. The van der Waals surface area contributed by atoms with E-state index in [9.17, 15) is 8.42 Å². The summed E-state index contributed by atoms with van der Waals surface area (Å²) in [5.41, 5.74) is 1.84. The number of benzene rings is 1. The predicted molar refractivity (Wildman–Crippen MR) is 106 cm³/mol. The van der Waals surface area contributed by atoms with Crippen molar-refractivity contribution in [1.29, 1.82) is 0 Å². The molecule has 1 aromatic carbocycles. The highest BCUT2D eigenvalue weighted by Crippen LogP contribution is 2.18. The summed E-state index contributed by atoms with van der Waals surface area (Å²) in [6.45, 7) is 3.83. The van der Waals surface area contributed by atoms with Gasteiger partial charge in [-0.1, -0.05) is 29.8 Å². The van der Waals surface area contributed by atoms with Crippen molar-refractivity contribution in [3.05, 3.63) is 41.2 Å². The summed E-state index contributed by atoms with van der Waals surface area (Å²) < 4.78 is 27.4. The number of nitrogens with one attached hydrogen (secondary N) is 1. The third kappa shape index (κ3) is 5.36. The normalized spacial score (nSPS) is 14.6. The van der Waals surface area contributed by atoms with Crippen LogP contribution < -0.4 is 14.5 Å². The molecule has 2 heterocycles. The van der Waals surface area contributed by atoms with Gasteiger partial charge in [0.25, 0.3) is 0 Å². The van der Waals surface area contributed by atoms with Gasteiger partial charge in [-0.2, -0.15) is 15.0 Å². The second-order valence-corrected chi connectivity index (χ2v) is 8.81. The Morgan fingerprint density at radius 1 is 1.07 bits per heavy atom. The molecule has 0 unspecified atom stereocenters. The first-order valence-electron chi connectivity index (χ1n) is 9.02. The molecule has 0 aliphatic carbocycles. The van der Waals surface area contributed by atoms with Crippen LogP contribution in [-0.4, -0.2) is 50.6 Å². The summed E-state index contributed by atoms with van der Waals surface area (Å²) >= 11 is 0. The fourth-order valence-corrected chi connectivity index (χ4v) is 3.94. The zero-order valence-electron chi connectivity index (χ0n) is 16.0. The zero-order valence-corrected chi connectivity index (χ0v) is 16.8. The van der Waals surface area contributed by atoms with Crippen molar-refractivity contribution in [3.63, 3.8) is 0 Å². The molecule has 8 nitrogen and oxygen atoms in total. The standard InChI is InChI=1S/C18H26N6O2S/c1-14-6-8-15(9-7-14)13-27(25,26)19-12-16-20-17(23(2)3)22-18(21-16)24-10-4-5-11-24/h6-9,19H,4-5,10-13H2,1-3H3. The minimum absolute atomic E-state index is 0.0401. The van der Waals surface area contributed by atoms with Crippen molar-refractivity contribution in [2.75, 3.05) is 37.0 Å². The van der Waals surface area contributed by atoms with E-state index in [1.54, 1.807) is 4.90 Å². The predicted octanol–water partition coefficient (Wildman–Crippen LogP) is 1.47. The van der Waals surface area contributed by atoms with Crippen LogP contribution in [0.15, 0.2) is 24.3 Å². The summed E-state index contributed by atoms with van der Waals surface area (Å²) in [5, 5.41) is 0. The number of rotatable bonds is 7. The molecule has 3 rings (SSSR count). The Morgan fingerprint density at radius 2 is 1.74 bits per heavy atom. The Balaban J connectivity index is 1.72. The Kier molecular flexibility index (Phi) is 5.91. The van der Waals surface area contributed by atoms with E-state index in [1.165, 1.54) is 0 Å². The number of nitrogens with zero attached hydrogens (tertiary/aromatic N) is 5. The van der Waals surface area contributed by atoms with E-state index in [0.29, 0.717) is 17.7 Å². The van der Waals surface area contributed by atoms with Gasteiger partial charge >= 0.3 is 0 Å². The van der Waals surface area contributed by atoms with Gasteiger partial charge in [0.15, 0.2) is 5.82 Å². The Bertz CT molecular complexity index is 877. The van der Waals surface area contributed by atoms with Crippen molar-refractivity contribution in [2.45, 2.75) is 32.1 Å². The first kappa shape index (κ1) is 19.5. The van der Waals surface area contributed by atoms with Gasteiger partial charge in [0.05, 0.1) is 12.3 Å². The van der Waals surface area contributed by atoms with E-state index in [-0.39, 0.29) is 12.3 Å². The molecule has 2 aromatic rings. The van der Waals surface area contributed by atoms with Crippen LogP contribution in [0.3, 0.4) is 0 Å². The topological polar surface area (TPSA) is 91.3 Å². The second kappa shape index (κ2) is 8.18. The van der Waals surface area contributed by atoms with Crippen LogP contribution in [0.1, 0.15) is 29.8 Å². The number of aryl methyl sites for hydroxylation is 1. The molecular weight excluding hydrogens is 364 g/mol. The number of sulfonamides is 1. The van der Waals surface area contributed by atoms with Crippen LogP contribution in [0.2, 0.25) is 0 Å². The maximum atomic E-state index is 12.4. The summed E-state index contributed by atoms with van der Waals surface area (Å²) in [5.74, 6) is 1.49. The number of hydrogen-bond donors (Lipinski definition) is 1. The SMILES string of the molecule is Cc1ccc(CS(=O)(=O)NCc2nc(N(C)C)nc(N3CCCC3)n2)cc1. The van der Waals surface area contributed by atoms with Gasteiger partial charge in [0.1, 0.15) is 0 Å². The lowest BCUT2D eigenvalue weighted by atomic mass is 10.2. The highest BCUT2D eigenvalue weighted by Gasteiger charge is 2.19. The lowest BCUT2D eigenvalue weighted by Crippen LogP contribution is -2.28. The van der Waals surface area contributed by atoms with Crippen LogP contribution in [0.5, 0.6) is 0 Å². The van der Waals surface area contributed by atoms with Gasteiger partial charge in [-0.3, -0.25) is 0 Å². The van der Waals surface area contributed by atoms with Crippen molar-refractivity contribution >= 4 is 21.9 Å². The average molecular weight is 391 g/mol. The summed E-state index contributed by atoms with van der Waals surface area (Å²) in [6.07, 6.45) is 2.23. The molecular formula is C18H26N6O2S. The Hall–Kier alpha value is -2.26. The molecule has 0 atom stereocenters. The first-order chi connectivity index (χ1) is 12.8. The third-order valence-corrected chi connectivity index (χ3v) is 5.67. The van der Waals surface area contributed by atoms with Gasteiger partial charge in [0.2, 0.25) is 21.9 Å². The van der Waals surface area contributed by atoms with Gasteiger partial charge in [-0.05, 0) is 25.3 Å². The molecule has 0 saturated carbocycles. The lowest BCUT2D eigenvalue weighted by molar-refractivity contribution is 0.578. The van der Waals surface area contributed by atoms with Crippen molar-refractivity contribution < 1.29 is 8.42 Å². The van der Waals surface area contributed by atoms with Gasteiger partial charge in [-0.15, -0.1) is 0 Å². The number of anilines is 2. The fourth-order valence-electron chi connectivity index (χ4n) is 2.86.